The van der Waals surface area contributed by atoms with Gasteiger partial charge in [0.2, 0.25) is 0 Å². The molecule has 0 spiro atoms. The van der Waals surface area contributed by atoms with Crippen LogP contribution in [-0.4, -0.2) is 59.9 Å². The first-order valence-corrected chi connectivity index (χ1v) is 13.1. The lowest BCUT2D eigenvalue weighted by molar-refractivity contribution is -0.192. The summed E-state index contributed by atoms with van der Waals surface area (Å²) in [6.45, 7) is 6.33. The van der Waals surface area contributed by atoms with E-state index in [0.29, 0.717) is 23.4 Å². The molecule has 1 saturated heterocycles. The molecule has 1 fully saturated rings. The van der Waals surface area contributed by atoms with E-state index in [4.69, 9.17) is 19.6 Å². The molecule has 11 nitrogen and oxygen atoms in total. The van der Waals surface area contributed by atoms with Crippen molar-refractivity contribution in [1.29, 1.82) is 0 Å². The molecule has 1 aliphatic rings. The fourth-order valence-electron chi connectivity index (χ4n) is 4.67. The van der Waals surface area contributed by atoms with Gasteiger partial charge in [0.1, 0.15) is 29.7 Å². The zero-order chi connectivity index (χ0) is 29.9. The number of pyridine rings is 2. The number of carboxylic acid groups (broad SMARTS) is 1. The lowest BCUT2D eigenvalue weighted by Gasteiger charge is -2.29. The summed E-state index contributed by atoms with van der Waals surface area (Å²) in [6.07, 6.45) is 0.923. The van der Waals surface area contributed by atoms with E-state index in [1.165, 1.54) is 6.33 Å². The maximum absolute atomic E-state index is 10.6. The fourth-order valence-corrected chi connectivity index (χ4v) is 4.67. The number of rotatable bonds is 5. The standard InChI is InChI=1S/C26H26N8O.C2HF3O2/c1-16-11-18(3-6-23(16)35-19-8-10-34-24(12-19)29-15-31-34)32-26-25-22(28-14-30-26)5-4-21(33-25)20-7-9-27-13-17(20)2;3-2(4,5)1(6)7/h3-6,8,10-12,14-15,17,20,27H,7,9,13H2,1-2H3,(H,28,30,32);(H,6,7). The summed E-state index contributed by atoms with van der Waals surface area (Å²) < 4.78 is 39.5. The highest BCUT2D eigenvalue weighted by atomic mass is 19.4. The first kappa shape index (κ1) is 28.7. The molecule has 2 atom stereocenters. The van der Waals surface area contributed by atoms with Crippen molar-refractivity contribution >= 4 is 34.2 Å². The quantitative estimate of drug-likeness (QED) is 0.252. The zero-order valence-corrected chi connectivity index (χ0v) is 22.6. The Morgan fingerprint density at radius 3 is 2.67 bits per heavy atom. The number of carboxylic acids is 1. The third kappa shape index (κ3) is 6.54. The number of carbonyl (C=O) groups is 1. The van der Waals surface area contributed by atoms with Crippen LogP contribution in [0.4, 0.5) is 24.7 Å². The lowest BCUT2D eigenvalue weighted by Crippen LogP contribution is -2.34. The van der Waals surface area contributed by atoms with Crippen molar-refractivity contribution in [2.75, 3.05) is 18.4 Å². The number of anilines is 2. The summed E-state index contributed by atoms with van der Waals surface area (Å²) >= 11 is 0. The van der Waals surface area contributed by atoms with Gasteiger partial charge in [-0.25, -0.2) is 29.2 Å². The molecule has 5 heterocycles. The molecule has 0 radical (unpaired) electrons. The molecule has 0 amide bonds. The normalized spacial score (nSPS) is 17.0. The van der Waals surface area contributed by atoms with E-state index >= 15 is 0 Å². The highest BCUT2D eigenvalue weighted by Gasteiger charge is 2.38. The number of aryl methyl sites for hydroxylation is 1. The summed E-state index contributed by atoms with van der Waals surface area (Å²) in [5.41, 5.74) is 5.36. The van der Waals surface area contributed by atoms with Crippen LogP contribution in [0.25, 0.3) is 16.7 Å². The Labute approximate surface area is 237 Å². The largest absolute Gasteiger partial charge is 0.490 e. The summed E-state index contributed by atoms with van der Waals surface area (Å²) in [7, 11) is 0. The van der Waals surface area contributed by atoms with Gasteiger partial charge in [-0.3, -0.25) is 0 Å². The summed E-state index contributed by atoms with van der Waals surface area (Å²) in [5, 5.41) is 18.1. The van der Waals surface area contributed by atoms with Crippen LogP contribution in [0.2, 0.25) is 0 Å². The Balaban J connectivity index is 0.000000451. The molecule has 0 saturated carbocycles. The van der Waals surface area contributed by atoms with Crippen LogP contribution < -0.4 is 15.4 Å². The maximum Gasteiger partial charge on any atom is 0.490 e. The minimum Gasteiger partial charge on any atom is -0.475 e. The number of benzene rings is 1. The van der Waals surface area contributed by atoms with E-state index < -0.39 is 12.1 Å². The summed E-state index contributed by atoms with van der Waals surface area (Å²) in [4.78, 5) is 27.0. The monoisotopic (exact) mass is 580 g/mol. The second kappa shape index (κ2) is 11.9. The Bertz CT molecular complexity index is 1730. The predicted octanol–water partition coefficient (Wildman–Crippen LogP) is 5.26. The molecule has 218 valence electrons. The first-order valence-electron chi connectivity index (χ1n) is 13.1. The molecule has 1 aromatic carbocycles. The van der Waals surface area contributed by atoms with Crippen LogP contribution in [0.5, 0.6) is 11.5 Å². The molecule has 0 bridgehead atoms. The Morgan fingerprint density at radius 1 is 1.12 bits per heavy atom. The number of hydrogen-bond acceptors (Lipinski definition) is 9. The minimum absolute atomic E-state index is 0.435. The average molecular weight is 581 g/mol. The van der Waals surface area contributed by atoms with Gasteiger partial charge in [-0.1, -0.05) is 6.92 Å². The highest BCUT2D eigenvalue weighted by molar-refractivity contribution is 5.87. The average Bonchev–Trinajstić information content (AvgIpc) is 3.43. The van der Waals surface area contributed by atoms with Crippen molar-refractivity contribution in [3.05, 3.63) is 72.6 Å². The number of piperidine rings is 1. The molecule has 2 unspecified atom stereocenters. The van der Waals surface area contributed by atoms with Crippen LogP contribution in [0.15, 0.2) is 61.3 Å². The van der Waals surface area contributed by atoms with Gasteiger partial charge in [-0.05, 0) is 74.3 Å². The molecule has 4 aromatic heterocycles. The lowest BCUT2D eigenvalue weighted by atomic mass is 9.85. The Kier molecular flexibility index (Phi) is 8.15. The highest BCUT2D eigenvalue weighted by Crippen LogP contribution is 2.32. The molecule has 3 N–H and O–H groups in total. The third-order valence-electron chi connectivity index (χ3n) is 6.83. The van der Waals surface area contributed by atoms with Crippen LogP contribution in [0.1, 0.15) is 30.5 Å². The fraction of sp³-hybridized carbons (Fsp3) is 0.286. The van der Waals surface area contributed by atoms with Gasteiger partial charge in [0.25, 0.3) is 0 Å². The smallest absolute Gasteiger partial charge is 0.475 e. The summed E-state index contributed by atoms with van der Waals surface area (Å²) in [6, 6.07) is 13.9. The number of aliphatic carboxylic acids is 1. The predicted molar refractivity (Wildman–Crippen MR) is 148 cm³/mol. The minimum atomic E-state index is -5.08. The van der Waals surface area contributed by atoms with Crippen LogP contribution in [-0.2, 0) is 4.79 Å². The number of nitrogens with one attached hydrogen (secondary N) is 2. The van der Waals surface area contributed by atoms with Crippen LogP contribution in [0, 0.1) is 12.8 Å². The van der Waals surface area contributed by atoms with Gasteiger partial charge in [-0.15, -0.1) is 0 Å². The Morgan fingerprint density at radius 2 is 1.93 bits per heavy atom. The van der Waals surface area contributed by atoms with Gasteiger partial charge in [-0.2, -0.15) is 18.3 Å². The van der Waals surface area contributed by atoms with Crippen molar-refractivity contribution in [3.8, 4) is 11.5 Å². The second-order valence-electron chi connectivity index (χ2n) is 9.84. The number of nitrogens with zero attached hydrogens (tertiary/aromatic N) is 6. The number of hydrogen-bond donors (Lipinski definition) is 3. The van der Waals surface area contributed by atoms with Gasteiger partial charge >= 0.3 is 12.1 Å². The second-order valence-corrected chi connectivity index (χ2v) is 9.84. The molecule has 14 heteroatoms. The van der Waals surface area contributed by atoms with E-state index in [1.807, 2.05) is 49.5 Å². The van der Waals surface area contributed by atoms with E-state index in [1.54, 1.807) is 10.8 Å². The van der Waals surface area contributed by atoms with Crippen molar-refractivity contribution < 1.29 is 27.8 Å². The van der Waals surface area contributed by atoms with Crippen molar-refractivity contribution in [1.82, 2.24) is 34.9 Å². The van der Waals surface area contributed by atoms with Gasteiger partial charge in [0, 0.05) is 29.6 Å². The van der Waals surface area contributed by atoms with Crippen molar-refractivity contribution in [2.45, 2.75) is 32.4 Å². The molecule has 42 heavy (non-hydrogen) atoms. The zero-order valence-electron chi connectivity index (χ0n) is 22.6. The van der Waals surface area contributed by atoms with Crippen molar-refractivity contribution in [3.63, 3.8) is 0 Å². The molecule has 0 aliphatic carbocycles. The molecular formula is C28H27F3N8O3. The van der Waals surface area contributed by atoms with E-state index in [9.17, 15) is 13.2 Å². The number of fused-ring (bicyclic) bond motifs is 2. The maximum atomic E-state index is 10.6. The number of alkyl halides is 3. The first-order chi connectivity index (χ1) is 20.1. The van der Waals surface area contributed by atoms with Crippen LogP contribution in [0.3, 0.4) is 0 Å². The van der Waals surface area contributed by atoms with E-state index in [-0.39, 0.29) is 0 Å². The SMILES string of the molecule is Cc1cc(Nc2ncnc3ccc(C4CCNCC4C)nc23)ccc1Oc1ccn2ncnc2c1.O=C(O)C(F)(F)F. The number of aromatic nitrogens is 6. The third-order valence-corrected chi connectivity index (χ3v) is 6.83. The Hall–Kier alpha value is -4.85. The number of halogens is 3. The summed E-state index contributed by atoms with van der Waals surface area (Å²) in [5.74, 6) is 0.392. The molecule has 5 aromatic rings. The molecular weight excluding hydrogens is 553 g/mol. The van der Waals surface area contributed by atoms with Crippen LogP contribution >= 0.6 is 0 Å². The topological polar surface area (TPSA) is 139 Å². The molecule has 6 rings (SSSR count). The van der Waals surface area contributed by atoms with E-state index in [2.05, 4.69) is 43.7 Å². The van der Waals surface area contributed by atoms with Gasteiger partial charge in [0.15, 0.2) is 11.5 Å². The van der Waals surface area contributed by atoms with Crippen molar-refractivity contribution in [2.24, 2.45) is 5.92 Å². The van der Waals surface area contributed by atoms with Gasteiger partial charge < -0.3 is 20.5 Å². The van der Waals surface area contributed by atoms with E-state index in [0.717, 1.165) is 58.9 Å². The molecule has 1 aliphatic heterocycles. The van der Waals surface area contributed by atoms with Gasteiger partial charge in [0.05, 0.1) is 5.52 Å². The number of ether oxygens (including phenoxy) is 1.